The number of hydrogen-bond donors (Lipinski definition) is 2. The number of carbonyl (C=O) groups is 1. The van der Waals surface area contributed by atoms with Crippen LogP contribution in [0.3, 0.4) is 0 Å². The molecule has 8 nitrogen and oxygen atoms in total. The van der Waals surface area contributed by atoms with Gasteiger partial charge in [-0.05, 0) is 31.0 Å². The third-order valence-electron chi connectivity index (χ3n) is 4.69. The molecule has 2 fully saturated rings. The lowest BCUT2D eigenvalue weighted by Gasteiger charge is -2.30. The number of amides is 1. The van der Waals surface area contributed by atoms with E-state index in [-0.39, 0.29) is 35.6 Å². The van der Waals surface area contributed by atoms with Gasteiger partial charge in [0.05, 0.1) is 29.6 Å². The van der Waals surface area contributed by atoms with Crippen LogP contribution in [0.15, 0.2) is 18.2 Å². The minimum Gasteiger partial charge on any atom is -0.325 e. The van der Waals surface area contributed by atoms with Gasteiger partial charge < -0.3 is 5.32 Å². The molecule has 2 atom stereocenters. The second kappa shape index (κ2) is 8.45. The Morgan fingerprint density at radius 1 is 1.00 bits per heavy atom. The van der Waals surface area contributed by atoms with Crippen molar-refractivity contribution < 1.29 is 21.6 Å². The molecule has 2 heterocycles. The molecule has 2 N–H and O–H groups in total. The summed E-state index contributed by atoms with van der Waals surface area (Å²) < 4.78 is 47.1. The fraction of sp³-hybridized carbons (Fsp3) is 0.562. The Hall–Kier alpha value is -0.910. The summed E-state index contributed by atoms with van der Waals surface area (Å²) in [7, 11) is -6.28. The predicted molar refractivity (Wildman–Crippen MR) is 109 cm³/mol. The minimum absolute atomic E-state index is 0.0332. The van der Waals surface area contributed by atoms with Crippen LogP contribution in [-0.4, -0.2) is 69.4 Å². The maximum Gasteiger partial charge on any atom is 0.240 e. The van der Waals surface area contributed by atoms with E-state index in [9.17, 15) is 21.6 Å². The van der Waals surface area contributed by atoms with Crippen LogP contribution < -0.4 is 10.7 Å². The van der Waals surface area contributed by atoms with Gasteiger partial charge in [-0.1, -0.05) is 23.2 Å². The van der Waals surface area contributed by atoms with E-state index in [2.05, 4.69) is 10.7 Å². The molecule has 0 aromatic heterocycles. The van der Waals surface area contributed by atoms with E-state index in [1.54, 1.807) is 17.1 Å². The van der Waals surface area contributed by atoms with Gasteiger partial charge >= 0.3 is 0 Å². The molecule has 0 spiro atoms. The summed E-state index contributed by atoms with van der Waals surface area (Å²) in [5.74, 6) is -0.375. The van der Waals surface area contributed by atoms with Crippen molar-refractivity contribution in [2.75, 3.05) is 34.9 Å². The molecule has 3 rings (SSSR count). The number of hydrazine groups is 1. The van der Waals surface area contributed by atoms with Crippen molar-refractivity contribution in [1.29, 1.82) is 0 Å². The lowest BCUT2D eigenvalue weighted by Crippen LogP contribution is -2.54. The van der Waals surface area contributed by atoms with Crippen LogP contribution in [0, 0.1) is 0 Å². The highest BCUT2D eigenvalue weighted by molar-refractivity contribution is 7.91. The average molecular weight is 470 g/mol. The molecule has 1 amide bonds. The lowest BCUT2D eigenvalue weighted by molar-refractivity contribution is -0.118. The summed E-state index contributed by atoms with van der Waals surface area (Å²) in [5.41, 5.74) is 3.49. The van der Waals surface area contributed by atoms with E-state index in [1.165, 1.54) is 6.07 Å². The molecule has 0 bridgehead atoms. The lowest BCUT2D eigenvalue weighted by atomic mass is 10.2. The summed E-state index contributed by atoms with van der Waals surface area (Å²) >= 11 is 11.9. The highest BCUT2D eigenvalue weighted by atomic mass is 35.5. The smallest absolute Gasteiger partial charge is 0.240 e. The van der Waals surface area contributed by atoms with Gasteiger partial charge in [0.25, 0.3) is 0 Å². The van der Waals surface area contributed by atoms with Crippen molar-refractivity contribution in [3.63, 3.8) is 0 Å². The van der Waals surface area contributed by atoms with Gasteiger partial charge in [-0.3, -0.25) is 10.2 Å². The molecule has 1 aromatic rings. The Balaban J connectivity index is 1.70. The maximum absolute atomic E-state index is 12.5. The van der Waals surface area contributed by atoms with E-state index in [0.717, 1.165) is 0 Å². The first-order valence-corrected chi connectivity index (χ1v) is 13.1. The summed E-state index contributed by atoms with van der Waals surface area (Å²) in [6, 6.07) is 3.89. The quantitative estimate of drug-likeness (QED) is 0.599. The monoisotopic (exact) mass is 469 g/mol. The van der Waals surface area contributed by atoms with Gasteiger partial charge in [-0.15, -0.1) is 0 Å². The van der Waals surface area contributed by atoms with E-state index in [1.807, 2.05) is 0 Å². The number of nitrogens with one attached hydrogen (secondary N) is 2. The number of anilines is 1. The molecule has 0 saturated carbocycles. The molecule has 2 aliphatic heterocycles. The molecule has 0 aliphatic carbocycles. The average Bonchev–Trinajstić information content (AvgIpc) is 3.07. The van der Waals surface area contributed by atoms with Gasteiger partial charge in [0, 0.05) is 27.8 Å². The van der Waals surface area contributed by atoms with Crippen molar-refractivity contribution in [3.8, 4) is 0 Å². The van der Waals surface area contributed by atoms with Crippen LogP contribution in [0.5, 0.6) is 0 Å². The zero-order valence-corrected chi connectivity index (χ0v) is 18.0. The molecule has 0 radical (unpaired) electrons. The van der Waals surface area contributed by atoms with Crippen molar-refractivity contribution in [2.45, 2.75) is 24.9 Å². The Morgan fingerprint density at radius 3 is 2.14 bits per heavy atom. The molecular weight excluding hydrogens is 449 g/mol. The number of benzene rings is 1. The SMILES string of the molecule is O=C(CN(NC1CCS(=O)(=O)C1)C1CCS(=O)(=O)C1)Nc1cc(Cl)cc(Cl)c1. The Kier molecular flexibility index (Phi) is 6.58. The number of carbonyl (C=O) groups excluding carboxylic acids is 1. The highest BCUT2D eigenvalue weighted by Crippen LogP contribution is 2.23. The summed E-state index contributed by atoms with van der Waals surface area (Å²) in [6.45, 7) is -0.138. The third-order valence-corrected chi connectivity index (χ3v) is 8.65. The first kappa shape index (κ1) is 21.8. The maximum atomic E-state index is 12.5. The van der Waals surface area contributed by atoms with E-state index in [0.29, 0.717) is 28.6 Å². The number of sulfone groups is 2. The second-order valence-electron chi connectivity index (χ2n) is 7.12. The number of halogens is 2. The van der Waals surface area contributed by atoms with Crippen molar-refractivity contribution >= 4 is 54.5 Å². The number of hydrogen-bond acceptors (Lipinski definition) is 7. The van der Waals surface area contributed by atoms with Crippen LogP contribution in [0.1, 0.15) is 12.8 Å². The standard InChI is InChI=1S/C16H21Cl2N3O5S2/c17-11-5-12(18)7-14(6-11)19-16(22)8-21(15-2-4-28(25,26)10-15)20-13-1-3-27(23,24)9-13/h5-7,13,15,20H,1-4,8-10H2,(H,19,22). The molecule has 2 unspecified atom stereocenters. The Labute approximate surface area is 174 Å². The van der Waals surface area contributed by atoms with Crippen LogP contribution in [0.2, 0.25) is 10.0 Å². The number of rotatable bonds is 6. The summed E-state index contributed by atoms with van der Waals surface area (Å²) in [4.78, 5) is 12.5. The predicted octanol–water partition coefficient (Wildman–Crippen LogP) is 1.11. The zero-order chi connectivity index (χ0) is 20.5. The zero-order valence-electron chi connectivity index (χ0n) is 14.9. The van der Waals surface area contributed by atoms with Crippen molar-refractivity contribution in [3.05, 3.63) is 28.2 Å². The molecule has 156 valence electrons. The molecule has 28 heavy (non-hydrogen) atoms. The van der Waals surface area contributed by atoms with Gasteiger partial charge in [0.2, 0.25) is 5.91 Å². The van der Waals surface area contributed by atoms with Gasteiger partial charge in [0.1, 0.15) is 0 Å². The molecule has 1 aromatic carbocycles. The van der Waals surface area contributed by atoms with Crippen LogP contribution in [-0.2, 0) is 24.5 Å². The first-order chi connectivity index (χ1) is 13.0. The normalized spacial score (nSPS) is 25.8. The molecule has 12 heteroatoms. The fourth-order valence-corrected chi connectivity index (χ4v) is 7.34. The fourth-order valence-electron chi connectivity index (χ4n) is 3.41. The van der Waals surface area contributed by atoms with Crippen LogP contribution >= 0.6 is 23.2 Å². The van der Waals surface area contributed by atoms with Crippen LogP contribution in [0.25, 0.3) is 0 Å². The van der Waals surface area contributed by atoms with Gasteiger partial charge in [-0.25, -0.2) is 21.8 Å². The Morgan fingerprint density at radius 2 is 1.61 bits per heavy atom. The third kappa shape index (κ3) is 6.04. The Bertz CT molecular complexity index is 948. The molecule has 2 saturated heterocycles. The van der Waals surface area contributed by atoms with Gasteiger partial charge in [0.15, 0.2) is 19.7 Å². The second-order valence-corrected chi connectivity index (χ2v) is 12.5. The molecule has 2 aliphatic rings. The van der Waals surface area contributed by atoms with Gasteiger partial charge in [-0.2, -0.15) is 0 Å². The number of nitrogens with zero attached hydrogens (tertiary/aromatic N) is 1. The highest BCUT2D eigenvalue weighted by Gasteiger charge is 2.36. The van der Waals surface area contributed by atoms with Crippen molar-refractivity contribution in [2.24, 2.45) is 0 Å². The molecular formula is C16H21Cl2N3O5S2. The summed E-state index contributed by atoms with van der Waals surface area (Å²) in [5, 5.41) is 4.98. The largest absolute Gasteiger partial charge is 0.325 e. The topological polar surface area (TPSA) is 113 Å². The van der Waals surface area contributed by atoms with E-state index < -0.39 is 31.6 Å². The first-order valence-electron chi connectivity index (χ1n) is 8.71. The summed E-state index contributed by atoms with van der Waals surface area (Å²) in [6.07, 6.45) is 0.800. The van der Waals surface area contributed by atoms with E-state index in [4.69, 9.17) is 23.2 Å². The van der Waals surface area contributed by atoms with Crippen LogP contribution in [0.4, 0.5) is 5.69 Å². The van der Waals surface area contributed by atoms with E-state index >= 15 is 0 Å². The van der Waals surface area contributed by atoms with Crippen molar-refractivity contribution in [1.82, 2.24) is 10.4 Å². The minimum atomic E-state index is -3.17.